The fourth-order valence-electron chi connectivity index (χ4n) is 2.96. The second-order valence-electron chi connectivity index (χ2n) is 8.25. The van der Waals surface area contributed by atoms with Crippen LogP contribution >= 0.6 is 0 Å². The van der Waals surface area contributed by atoms with Crippen molar-refractivity contribution in [2.24, 2.45) is 11.8 Å². The third kappa shape index (κ3) is 7.68. The highest BCUT2D eigenvalue weighted by atomic mass is 19.1. The number of benzene rings is 2. The summed E-state index contributed by atoms with van der Waals surface area (Å²) in [5, 5.41) is 2.91. The number of amides is 2. The molecule has 0 aliphatic carbocycles. The van der Waals surface area contributed by atoms with Crippen molar-refractivity contribution in [1.82, 2.24) is 5.32 Å². The molecule has 0 saturated heterocycles. The minimum atomic E-state index is -0.318. The van der Waals surface area contributed by atoms with Gasteiger partial charge < -0.3 is 10.2 Å². The average Bonchev–Trinajstić information content (AvgIpc) is 2.65. The van der Waals surface area contributed by atoms with Crippen molar-refractivity contribution >= 4 is 17.5 Å². The van der Waals surface area contributed by atoms with Gasteiger partial charge in [-0.3, -0.25) is 9.59 Å². The molecule has 0 aromatic heterocycles. The van der Waals surface area contributed by atoms with Gasteiger partial charge in [0.15, 0.2) is 0 Å². The number of anilines is 1. The van der Waals surface area contributed by atoms with E-state index in [0.29, 0.717) is 31.8 Å². The first-order valence-corrected chi connectivity index (χ1v) is 10.1. The highest BCUT2D eigenvalue weighted by molar-refractivity contribution is 5.93. The van der Waals surface area contributed by atoms with Crippen LogP contribution in [0.2, 0.25) is 0 Å². The second-order valence-corrected chi connectivity index (χ2v) is 8.25. The number of hydrogen-bond donors (Lipinski definition) is 1. The molecule has 5 heteroatoms. The van der Waals surface area contributed by atoms with E-state index in [1.54, 1.807) is 11.0 Å². The van der Waals surface area contributed by atoms with Crippen LogP contribution in [-0.4, -0.2) is 18.4 Å². The van der Waals surface area contributed by atoms with E-state index in [4.69, 9.17) is 0 Å². The van der Waals surface area contributed by atoms with E-state index in [-0.39, 0.29) is 23.5 Å². The molecular weight excluding hydrogens is 367 g/mol. The van der Waals surface area contributed by atoms with Crippen molar-refractivity contribution < 1.29 is 14.0 Å². The molecule has 2 amide bonds. The molecule has 0 radical (unpaired) electrons. The van der Waals surface area contributed by atoms with E-state index in [1.165, 1.54) is 12.1 Å². The highest BCUT2D eigenvalue weighted by Crippen LogP contribution is 2.21. The Kier molecular flexibility index (Phi) is 8.37. The average molecular weight is 399 g/mol. The summed E-state index contributed by atoms with van der Waals surface area (Å²) in [5.74, 6) is 0.290. The summed E-state index contributed by atoms with van der Waals surface area (Å²) in [4.78, 5) is 26.5. The zero-order valence-electron chi connectivity index (χ0n) is 17.7. The van der Waals surface area contributed by atoms with Crippen LogP contribution in [0.4, 0.5) is 10.1 Å². The van der Waals surface area contributed by atoms with Crippen LogP contribution in [0.15, 0.2) is 48.5 Å². The number of halogens is 1. The smallest absolute Gasteiger partial charge is 0.227 e. The quantitative estimate of drug-likeness (QED) is 0.664. The maximum atomic E-state index is 13.6. The molecule has 2 aromatic carbocycles. The van der Waals surface area contributed by atoms with E-state index in [9.17, 15) is 14.0 Å². The van der Waals surface area contributed by atoms with E-state index >= 15 is 0 Å². The molecule has 2 rings (SSSR count). The standard InChI is InChI=1S/C24H31FN2O2/c1-17(2)12-24(29)27(16-20-6-5-7-21(25)13-20)22-10-8-19(9-11-22)14-23(28)26-15-18(3)4/h5-11,13,17-18H,12,14-16H2,1-4H3,(H,26,28). The molecule has 0 aliphatic rings. The Morgan fingerprint density at radius 1 is 0.966 bits per heavy atom. The molecule has 0 atom stereocenters. The summed E-state index contributed by atoms with van der Waals surface area (Å²) in [6, 6.07) is 13.7. The van der Waals surface area contributed by atoms with Crippen LogP contribution in [0.3, 0.4) is 0 Å². The SMILES string of the molecule is CC(C)CNC(=O)Cc1ccc(N(Cc2cccc(F)c2)C(=O)CC(C)C)cc1. The van der Waals surface area contributed by atoms with Crippen LogP contribution in [0.5, 0.6) is 0 Å². The lowest BCUT2D eigenvalue weighted by molar-refractivity contribution is -0.121. The number of nitrogens with zero attached hydrogens (tertiary/aromatic N) is 1. The van der Waals surface area contributed by atoms with E-state index in [1.807, 2.05) is 44.2 Å². The van der Waals surface area contributed by atoms with Crippen molar-refractivity contribution in [3.63, 3.8) is 0 Å². The van der Waals surface area contributed by atoms with Gasteiger partial charge in [0.25, 0.3) is 0 Å². The largest absolute Gasteiger partial charge is 0.356 e. The second kappa shape index (κ2) is 10.7. The minimum Gasteiger partial charge on any atom is -0.356 e. The minimum absolute atomic E-state index is 0.00770. The lowest BCUT2D eigenvalue weighted by atomic mass is 10.1. The first-order valence-electron chi connectivity index (χ1n) is 10.1. The van der Waals surface area contributed by atoms with Crippen LogP contribution in [0, 0.1) is 17.7 Å². The van der Waals surface area contributed by atoms with Gasteiger partial charge in [0.2, 0.25) is 11.8 Å². The van der Waals surface area contributed by atoms with Gasteiger partial charge in [-0.25, -0.2) is 4.39 Å². The Balaban J connectivity index is 2.15. The summed E-state index contributed by atoms with van der Waals surface area (Å²) in [6.45, 7) is 9.06. The lowest BCUT2D eigenvalue weighted by Gasteiger charge is -2.24. The molecule has 0 fully saturated rings. The number of carbonyl (C=O) groups excluding carboxylic acids is 2. The monoisotopic (exact) mass is 398 g/mol. The Labute approximate surface area is 173 Å². The van der Waals surface area contributed by atoms with Crippen LogP contribution < -0.4 is 10.2 Å². The lowest BCUT2D eigenvalue weighted by Crippen LogP contribution is -2.31. The van der Waals surface area contributed by atoms with E-state index in [2.05, 4.69) is 19.2 Å². The van der Waals surface area contributed by atoms with E-state index < -0.39 is 0 Å². The van der Waals surface area contributed by atoms with Crippen LogP contribution in [-0.2, 0) is 22.6 Å². The molecule has 2 aromatic rings. The van der Waals surface area contributed by atoms with Crippen molar-refractivity contribution in [2.75, 3.05) is 11.4 Å². The summed E-state index contributed by atoms with van der Waals surface area (Å²) in [7, 11) is 0. The van der Waals surface area contributed by atoms with Gasteiger partial charge in [0.05, 0.1) is 13.0 Å². The molecule has 0 aliphatic heterocycles. The first-order chi connectivity index (χ1) is 13.7. The molecule has 29 heavy (non-hydrogen) atoms. The summed E-state index contributed by atoms with van der Waals surface area (Å²) in [5.41, 5.74) is 2.36. The third-order valence-corrected chi connectivity index (χ3v) is 4.43. The molecule has 0 heterocycles. The third-order valence-electron chi connectivity index (χ3n) is 4.43. The summed E-state index contributed by atoms with van der Waals surface area (Å²) >= 11 is 0. The maximum absolute atomic E-state index is 13.6. The van der Waals surface area contributed by atoms with Gasteiger partial charge in [0, 0.05) is 18.7 Å². The Bertz CT molecular complexity index is 816. The zero-order chi connectivity index (χ0) is 21.4. The molecule has 156 valence electrons. The van der Waals surface area contributed by atoms with E-state index in [0.717, 1.165) is 16.8 Å². The predicted octanol–water partition coefficient (Wildman–Crippen LogP) is 4.72. The topological polar surface area (TPSA) is 49.4 Å². The van der Waals surface area contributed by atoms with Crippen molar-refractivity contribution in [1.29, 1.82) is 0 Å². The Morgan fingerprint density at radius 3 is 2.24 bits per heavy atom. The van der Waals surface area contributed by atoms with Gasteiger partial charge in [-0.05, 0) is 47.2 Å². The van der Waals surface area contributed by atoms with Crippen LogP contribution in [0.25, 0.3) is 0 Å². The number of carbonyl (C=O) groups is 2. The fourth-order valence-corrected chi connectivity index (χ4v) is 2.96. The van der Waals surface area contributed by atoms with Crippen LogP contribution in [0.1, 0.15) is 45.2 Å². The fraction of sp³-hybridized carbons (Fsp3) is 0.417. The van der Waals surface area contributed by atoms with Crippen molar-refractivity contribution in [3.05, 3.63) is 65.5 Å². The number of nitrogens with one attached hydrogen (secondary N) is 1. The predicted molar refractivity (Wildman–Crippen MR) is 115 cm³/mol. The summed E-state index contributed by atoms with van der Waals surface area (Å²) in [6.07, 6.45) is 0.714. The van der Waals surface area contributed by atoms with Crippen molar-refractivity contribution in [3.8, 4) is 0 Å². The zero-order valence-corrected chi connectivity index (χ0v) is 17.7. The molecule has 4 nitrogen and oxygen atoms in total. The molecule has 0 spiro atoms. The molecule has 0 bridgehead atoms. The molecule has 0 saturated carbocycles. The van der Waals surface area contributed by atoms with Gasteiger partial charge >= 0.3 is 0 Å². The maximum Gasteiger partial charge on any atom is 0.227 e. The van der Waals surface area contributed by atoms with Gasteiger partial charge in [-0.2, -0.15) is 0 Å². The normalized spacial score (nSPS) is 11.0. The molecular formula is C24H31FN2O2. The highest BCUT2D eigenvalue weighted by Gasteiger charge is 2.18. The van der Waals surface area contributed by atoms with Gasteiger partial charge in [-0.1, -0.05) is 52.0 Å². The number of rotatable bonds is 9. The van der Waals surface area contributed by atoms with Gasteiger partial charge in [0.1, 0.15) is 5.82 Å². The first kappa shape index (κ1) is 22.6. The number of hydrogen-bond acceptors (Lipinski definition) is 2. The van der Waals surface area contributed by atoms with Crippen molar-refractivity contribution in [2.45, 2.75) is 47.1 Å². The molecule has 1 N–H and O–H groups in total. The molecule has 0 unspecified atom stereocenters. The Hall–Kier alpha value is -2.69. The summed E-state index contributed by atoms with van der Waals surface area (Å²) < 4.78 is 13.6. The Morgan fingerprint density at radius 2 is 1.66 bits per heavy atom. The van der Waals surface area contributed by atoms with Gasteiger partial charge in [-0.15, -0.1) is 0 Å².